The van der Waals surface area contributed by atoms with E-state index in [2.05, 4.69) is 48.7 Å². The van der Waals surface area contributed by atoms with E-state index >= 15 is 0 Å². The van der Waals surface area contributed by atoms with Crippen LogP contribution < -0.4 is 0 Å². The molecule has 0 fully saturated rings. The molecule has 5 heteroatoms. The van der Waals surface area contributed by atoms with E-state index in [4.69, 9.17) is 0 Å². The number of nitro benzene ring substituents is 1. The molecule has 0 N–H and O–H groups in total. The molecule has 1 heterocycles. The summed E-state index contributed by atoms with van der Waals surface area (Å²) in [7, 11) is 0. The van der Waals surface area contributed by atoms with Gasteiger partial charge in [0.15, 0.2) is 0 Å². The molecule has 5 nitrogen and oxygen atoms in total. The summed E-state index contributed by atoms with van der Waals surface area (Å²) in [5.74, 6) is 0.475. The van der Waals surface area contributed by atoms with Crippen molar-refractivity contribution >= 4 is 17.3 Å². The van der Waals surface area contributed by atoms with Gasteiger partial charge in [-0.2, -0.15) is 5.26 Å². The Labute approximate surface area is 170 Å². The zero-order valence-electron chi connectivity index (χ0n) is 17.0. The highest BCUT2D eigenvalue weighted by molar-refractivity contribution is 5.90. The fourth-order valence-electron chi connectivity index (χ4n) is 3.46. The molecule has 3 aromatic rings. The van der Waals surface area contributed by atoms with Gasteiger partial charge in [-0.05, 0) is 60.7 Å². The van der Waals surface area contributed by atoms with Gasteiger partial charge in [0.1, 0.15) is 0 Å². The van der Waals surface area contributed by atoms with Crippen LogP contribution in [0.25, 0.3) is 17.3 Å². The van der Waals surface area contributed by atoms with Crippen LogP contribution >= 0.6 is 0 Å². The number of benzene rings is 2. The van der Waals surface area contributed by atoms with Gasteiger partial charge < -0.3 is 4.57 Å². The number of non-ortho nitro benzene ring substituents is 1. The van der Waals surface area contributed by atoms with Gasteiger partial charge in [-0.15, -0.1) is 0 Å². The minimum atomic E-state index is -0.453. The highest BCUT2D eigenvalue weighted by Gasteiger charge is 2.13. The van der Waals surface area contributed by atoms with Crippen LogP contribution in [0.2, 0.25) is 0 Å². The topological polar surface area (TPSA) is 71.9 Å². The van der Waals surface area contributed by atoms with Crippen molar-refractivity contribution in [3.05, 3.63) is 92.8 Å². The molecular weight excluding hydrogens is 362 g/mol. The first-order chi connectivity index (χ1) is 13.8. The maximum Gasteiger partial charge on any atom is 0.270 e. The average Bonchev–Trinajstić information content (AvgIpc) is 2.99. The van der Waals surface area contributed by atoms with Crippen molar-refractivity contribution in [2.45, 2.75) is 33.6 Å². The van der Waals surface area contributed by atoms with Gasteiger partial charge in [0, 0.05) is 29.2 Å². The Hall–Kier alpha value is -3.65. The average molecular weight is 385 g/mol. The van der Waals surface area contributed by atoms with Gasteiger partial charge in [-0.3, -0.25) is 10.1 Å². The van der Waals surface area contributed by atoms with Crippen LogP contribution in [-0.2, 0) is 0 Å². The number of aromatic nitrogens is 1. The molecular formula is C24H23N3O2. The van der Waals surface area contributed by atoms with Crippen LogP contribution in [-0.4, -0.2) is 9.49 Å². The third-order valence-electron chi connectivity index (χ3n) is 5.08. The molecule has 0 amide bonds. The Balaban J connectivity index is 2.04. The molecule has 2 aromatic carbocycles. The van der Waals surface area contributed by atoms with E-state index < -0.39 is 4.92 Å². The first kappa shape index (κ1) is 20.1. The molecule has 0 saturated heterocycles. The third kappa shape index (κ3) is 4.12. The van der Waals surface area contributed by atoms with Crippen molar-refractivity contribution in [3.63, 3.8) is 0 Å². The highest BCUT2D eigenvalue weighted by atomic mass is 16.6. The first-order valence-electron chi connectivity index (χ1n) is 9.47. The number of hydrogen-bond donors (Lipinski definition) is 0. The van der Waals surface area contributed by atoms with Crippen LogP contribution in [0, 0.1) is 35.3 Å². The van der Waals surface area contributed by atoms with Crippen molar-refractivity contribution in [1.29, 1.82) is 5.26 Å². The van der Waals surface area contributed by atoms with Crippen molar-refractivity contribution in [3.8, 4) is 11.8 Å². The lowest BCUT2D eigenvalue weighted by atomic mass is 10.0. The summed E-state index contributed by atoms with van der Waals surface area (Å²) < 4.78 is 2.15. The normalized spacial score (nSPS) is 11.5. The van der Waals surface area contributed by atoms with Crippen LogP contribution in [0.5, 0.6) is 0 Å². The fourth-order valence-corrected chi connectivity index (χ4v) is 3.46. The third-order valence-corrected chi connectivity index (χ3v) is 5.08. The number of nitrogens with zero attached hydrogens (tertiary/aromatic N) is 3. The molecule has 1 aromatic heterocycles. The quantitative estimate of drug-likeness (QED) is 0.299. The molecule has 0 bridgehead atoms. The summed E-state index contributed by atoms with van der Waals surface area (Å²) in [4.78, 5) is 10.6. The lowest BCUT2D eigenvalue weighted by molar-refractivity contribution is -0.384. The summed E-state index contributed by atoms with van der Waals surface area (Å²) in [5.41, 5.74) is 6.24. The molecule has 3 rings (SSSR count). The van der Waals surface area contributed by atoms with Crippen LogP contribution in [0.1, 0.15) is 47.8 Å². The largest absolute Gasteiger partial charge is 0.318 e. The number of aryl methyl sites for hydroxylation is 1. The summed E-state index contributed by atoms with van der Waals surface area (Å²) in [6.07, 6.45) is 1.79. The molecule has 0 aliphatic carbocycles. The molecule has 0 spiro atoms. The number of rotatable bonds is 5. The van der Waals surface area contributed by atoms with E-state index in [9.17, 15) is 15.4 Å². The number of hydrogen-bond acceptors (Lipinski definition) is 3. The van der Waals surface area contributed by atoms with Gasteiger partial charge in [-0.25, -0.2) is 0 Å². The molecule has 0 aliphatic heterocycles. The van der Waals surface area contributed by atoms with Gasteiger partial charge in [0.2, 0.25) is 0 Å². The Morgan fingerprint density at radius 3 is 2.41 bits per heavy atom. The Bertz CT molecular complexity index is 1130. The number of nitro groups is 1. The predicted molar refractivity (Wildman–Crippen MR) is 116 cm³/mol. The predicted octanol–water partition coefficient (Wildman–Crippen LogP) is 6.19. The van der Waals surface area contributed by atoms with Gasteiger partial charge >= 0.3 is 0 Å². The molecule has 0 saturated carbocycles. The monoisotopic (exact) mass is 385 g/mol. The molecule has 146 valence electrons. The number of allylic oxidation sites excluding steroid dienone is 1. The zero-order valence-corrected chi connectivity index (χ0v) is 17.0. The summed E-state index contributed by atoms with van der Waals surface area (Å²) >= 11 is 0. The second kappa shape index (κ2) is 8.15. The first-order valence-corrected chi connectivity index (χ1v) is 9.47. The Morgan fingerprint density at radius 1 is 1.14 bits per heavy atom. The van der Waals surface area contributed by atoms with Crippen LogP contribution in [0.3, 0.4) is 0 Å². The second-order valence-corrected chi connectivity index (χ2v) is 7.39. The molecule has 29 heavy (non-hydrogen) atoms. The van der Waals surface area contributed by atoms with E-state index in [0.717, 1.165) is 22.6 Å². The molecule has 0 radical (unpaired) electrons. The maximum atomic E-state index is 11.0. The molecule has 0 atom stereocenters. The van der Waals surface area contributed by atoms with E-state index in [1.165, 1.54) is 17.7 Å². The van der Waals surface area contributed by atoms with E-state index in [0.29, 0.717) is 17.1 Å². The minimum Gasteiger partial charge on any atom is -0.318 e. The van der Waals surface area contributed by atoms with E-state index in [1.807, 2.05) is 19.9 Å². The minimum absolute atomic E-state index is 0.0284. The Kier molecular flexibility index (Phi) is 5.65. The van der Waals surface area contributed by atoms with Crippen LogP contribution in [0.4, 0.5) is 5.69 Å². The van der Waals surface area contributed by atoms with Gasteiger partial charge in [0.05, 0.1) is 16.6 Å². The van der Waals surface area contributed by atoms with E-state index in [1.54, 1.807) is 18.2 Å². The lowest BCUT2D eigenvalue weighted by Gasteiger charge is -2.12. The van der Waals surface area contributed by atoms with Gasteiger partial charge in [0.25, 0.3) is 5.69 Å². The standard InChI is InChI=1S/C24H23N3O2/c1-16(2)19-8-10-23(11-9-19)26-17(3)12-21(18(26)4)13-22(15-25)20-6-5-7-24(14-20)27(28)29/h5-14,16H,1-4H3/b22-13-. The highest BCUT2D eigenvalue weighted by Crippen LogP contribution is 2.27. The van der Waals surface area contributed by atoms with E-state index in [-0.39, 0.29) is 5.69 Å². The summed E-state index contributed by atoms with van der Waals surface area (Å²) in [6, 6.07) is 18.9. The van der Waals surface area contributed by atoms with Crippen molar-refractivity contribution < 1.29 is 4.92 Å². The lowest BCUT2D eigenvalue weighted by Crippen LogP contribution is -1.99. The second-order valence-electron chi connectivity index (χ2n) is 7.39. The molecule has 0 unspecified atom stereocenters. The Morgan fingerprint density at radius 2 is 1.83 bits per heavy atom. The van der Waals surface area contributed by atoms with Crippen molar-refractivity contribution in [2.75, 3.05) is 0 Å². The van der Waals surface area contributed by atoms with Gasteiger partial charge in [-0.1, -0.05) is 38.1 Å². The SMILES string of the molecule is Cc1cc(/C=C(/C#N)c2cccc([N+](=O)[O-])c2)c(C)n1-c1ccc(C(C)C)cc1. The smallest absolute Gasteiger partial charge is 0.270 e. The van der Waals surface area contributed by atoms with Crippen molar-refractivity contribution in [1.82, 2.24) is 4.57 Å². The molecule has 0 aliphatic rings. The summed E-state index contributed by atoms with van der Waals surface area (Å²) in [6.45, 7) is 8.38. The summed E-state index contributed by atoms with van der Waals surface area (Å²) in [5, 5.41) is 20.7. The number of nitriles is 1. The fraction of sp³-hybridized carbons (Fsp3) is 0.208. The maximum absolute atomic E-state index is 11.0. The van der Waals surface area contributed by atoms with Crippen molar-refractivity contribution in [2.24, 2.45) is 0 Å². The van der Waals surface area contributed by atoms with Crippen LogP contribution in [0.15, 0.2) is 54.6 Å². The zero-order chi connectivity index (χ0) is 21.1.